The summed E-state index contributed by atoms with van der Waals surface area (Å²) in [4.78, 5) is 24.4. The zero-order valence-electron chi connectivity index (χ0n) is 16.5. The lowest BCUT2D eigenvalue weighted by atomic mass is 10.2. The fourth-order valence-electron chi connectivity index (χ4n) is 2.54. The summed E-state index contributed by atoms with van der Waals surface area (Å²) in [5.74, 6) is -0.783. The number of nitrogens with one attached hydrogen (secondary N) is 2. The molecule has 0 bridgehead atoms. The lowest BCUT2D eigenvalue weighted by Gasteiger charge is -2.07. The normalized spacial score (nSPS) is 10.8. The minimum Gasteiger partial charge on any atom is -0.376 e. The molecular weight excluding hydrogens is 419 g/mol. The number of benzene rings is 3. The van der Waals surface area contributed by atoms with Crippen LogP contribution in [0.1, 0.15) is 11.1 Å². The summed E-state index contributed by atoms with van der Waals surface area (Å²) in [5.41, 5.74) is 4.54. The molecule has 158 valence electrons. The van der Waals surface area contributed by atoms with Crippen molar-refractivity contribution in [3.8, 4) is 0 Å². The SMILES string of the molecule is Cc1ccc(Sc2ccc([N+](=O)[O-])cc2/C=N\NC(=O)CNc2ccc(F)cc2)cc1. The summed E-state index contributed by atoms with van der Waals surface area (Å²) >= 11 is 1.44. The lowest BCUT2D eigenvalue weighted by Crippen LogP contribution is -2.25. The third-order valence-electron chi connectivity index (χ3n) is 4.14. The molecule has 3 rings (SSSR count). The number of anilines is 1. The highest BCUT2D eigenvalue weighted by molar-refractivity contribution is 7.99. The van der Waals surface area contributed by atoms with Gasteiger partial charge in [0.05, 0.1) is 17.7 Å². The molecule has 0 spiro atoms. The first-order valence-electron chi connectivity index (χ1n) is 9.25. The summed E-state index contributed by atoms with van der Waals surface area (Å²) in [6, 6.07) is 18.0. The molecule has 0 fully saturated rings. The third kappa shape index (κ3) is 6.65. The summed E-state index contributed by atoms with van der Waals surface area (Å²) in [5, 5.41) is 17.9. The lowest BCUT2D eigenvalue weighted by molar-refractivity contribution is -0.384. The standard InChI is InChI=1S/C22H19FN4O3S/c1-15-2-9-20(10-3-15)31-21-11-8-19(27(29)30)12-16(21)13-25-26-22(28)14-24-18-6-4-17(23)5-7-18/h2-13,24H,14H2,1H3,(H,26,28)/b25-13-. The van der Waals surface area contributed by atoms with Gasteiger partial charge in [-0.1, -0.05) is 29.5 Å². The van der Waals surface area contributed by atoms with Crippen molar-refractivity contribution in [2.75, 3.05) is 11.9 Å². The van der Waals surface area contributed by atoms with E-state index in [4.69, 9.17) is 0 Å². The van der Waals surface area contributed by atoms with Crippen LogP contribution in [-0.4, -0.2) is 23.6 Å². The number of aryl methyl sites for hydroxylation is 1. The monoisotopic (exact) mass is 438 g/mol. The number of hydrazone groups is 1. The van der Waals surface area contributed by atoms with E-state index in [0.717, 1.165) is 15.4 Å². The Labute approximate surface area is 182 Å². The van der Waals surface area contributed by atoms with E-state index in [-0.39, 0.29) is 18.0 Å². The molecule has 0 aromatic heterocycles. The summed E-state index contributed by atoms with van der Waals surface area (Å²) in [6.45, 7) is 1.93. The highest BCUT2D eigenvalue weighted by atomic mass is 32.2. The maximum Gasteiger partial charge on any atom is 0.270 e. The van der Waals surface area contributed by atoms with Crippen LogP contribution >= 0.6 is 11.8 Å². The van der Waals surface area contributed by atoms with E-state index in [1.807, 2.05) is 31.2 Å². The van der Waals surface area contributed by atoms with E-state index >= 15 is 0 Å². The minimum absolute atomic E-state index is 0.0666. The smallest absolute Gasteiger partial charge is 0.270 e. The topological polar surface area (TPSA) is 96.6 Å². The van der Waals surface area contributed by atoms with E-state index < -0.39 is 10.8 Å². The maximum absolute atomic E-state index is 12.9. The number of carbonyl (C=O) groups excluding carboxylic acids is 1. The van der Waals surface area contributed by atoms with Crippen molar-refractivity contribution in [2.45, 2.75) is 16.7 Å². The molecular formula is C22H19FN4O3S. The third-order valence-corrected chi connectivity index (χ3v) is 5.24. The number of nitrogens with zero attached hydrogens (tertiary/aromatic N) is 2. The van der Waals surface area contributed by atoms with Gasteiger partial charge in [0.25, 0.3) is 11.6 Å². The number of amides is 1. The first kappa shape index (κ1) is 22.0. The van der Waals surface area contributed by atoms with Crippen LogP contribution in [0.2, 0.25) is 0 Å². The molecule has 3 aromatic rings. The molecule has 7 nitrogen and oxygen atoms in total. The summed E-state index contributed by atoms with van der Waals surface area (Å²) in [6.07, 6.45) is 1.37. The molecule has 0 aliphatic rings. The van der Waals surface area contributed by atoms with E-state index in [2.05, 4.69) is 15.8 Å². The van der Waals surface area contributed by atoms with E-state index in [1.54, 1.807) is 6.07 Å². The van der Waals surface area contributed by atoms with Crippen molar-refractivity contribution >= 4 is 35.3 Å². The molecule has 0 atom stereocenters. The minimum atomic E-state index is -0.483. The van der Waals surface area contributed by atoms with Gasteiger partial charge in [0.2, 0.25) is 0 Å². The predicted molar refractivity (Wildman–Crippen MR) is 119 cm³/mol. The highest BCUT2D eigenvalue weighted by Crippen LogP contribution is 2.32. The predicted octanol–water partition coefficient (Wildman–Crippen LogP) is 4.76. The van der Waals surface area contributed by atoms with Crippen LogP contribution in [0.15, 0.2) is 81.6 Å². The van der Waals surface area contributed by atoms with Crippen LogP contribution in [0.4, 0.5) is 15.8 Å². The quantitative estimate of drug-likeness (QED) is 0.300. The number of rotatable bonds is 8. The van der Waals surface area contributed by atoms with E-state index in [1.165, 1.54) is 54.4 Å². The molecule has 9 heteroatoms. The van der Waals surface area contributed by atoms with Crippen LogP contribution in [0.5, 0.6) is 0 Å². The molecule has 2 N–H and O–H groups in total. The molecule has 0 unspecified atom stereocenters. The van der Waals surface area contributed by atoms with Crippen molar-refractivity contribution in [3.05, 3.63) is 93.8 Å². The fourth-order valence-corrected chi connectivity index (χ4v) is 3.43. The second-order valence-electron chi connectivity index (χ2n) is 6.55. The van der Waals surface area contributed by atoms with Crippen molar-refractivity contribution < 1.29 is 14.1 Å². The molecule has 3 aromatic carbocycles. The Balaban J connectivity index is 1.67. The van der Waals surface area contributed by atoms with Gasteiger partial charge in [-0.05, 0) is 49.4 Å². The molecule has 0 heterocycles. The van der Waals surface area contributed by atoms with Gasteiger partial charge in [-0.3, -0.25) is 14.9 Å². The number of non-ortho nitro benzene ring substituents is 1. The van der Waals surface area contributed by atoms with Gasteiger partial charge in [-0.15, -0.1) is 0 Å². The van der Waals surface area contributed by atoms with Gasteiger partial charge in [0, 0.05) is 33.2 Å². The highest BCUT2D eigenvalue weighted by Gasteiger charge is 2.11. The maximum atomic E-state index is 12.9. The number of halogens is 1. The van der Waals surface area contributed by atoms with Crippen molar-refractivity contribution in [1.82, 2.24) is 5.43 Å². The Morgan fingerprint density at radius 2 is 1.84 bits per heavy atom. The van der Waals surface area contributed by atoms with E-state index in [0.29, 0.717) is 11.3 Å². The molecule has 0 aliphatic heterocycles. The molecule has 0 aliphatic carbocycles. The fraction of sp³-hybridized carbons (Fsp3) is 0.0909. The van der Waals surface area contributed by atoms with Crippen molar-refractivity contribution in [1.29, 1.82) is 0 Å². The van der Waals surface area contributed by atoms with Gasteiger partial charge < -0.3 is 5.32 Å². The summed E-state index contributed by atoms with van der Waals surface area (Å²) in [7, 11) is 0. The number of hydrogen-bond acceptors (Lipinski definition) is 6. The molecule has 1 amide bonds. The zero-order valence-corrected chi connectivity index (χ0v) is 17.4. The van der Waals surface area contributed by atoms with Crippen LogP contribution < -0.4 is 10.7 Å². The Kier molecular flexibility index (Phi) is 7.34. The van der Waals surface area contributed by atoms with Crippen LogP contribution in [0.25, 0.3) is 0 Å². The van der Waals surface area contributed by atoms with Crippen LogP contribution in [0.3, 0.4) is 0 Å². The zero-order chi connectivity index (χ0) is 22.2. The molecule has 0 saturated heterocycles. The van der Waals surface area contributed by atoms with Gasteiger partial charge in [0.15, 0.2) is 0 Å². The van der Waals surface area contributed by atoms with Gasteiger partial charge >= 0.3 is 0 Å². The van der Waals surface area contributed by atoms with Crippen molar-refractivity contribution in [2.24, 2.45) is 5.10 Å². The molecule has 31 heavy (non-hydrogen) atoms. The second-order valence-corrected chi connectivity index (χ2v) is 7.66. The van der Waals surface area contributed by atoms with E-state index in [9.17, 15) is 19.3 Å². The average Bonchev–Trinajstić information content (AvgIpc) is 2.76. The average molecular weight is 438 g/mol. The van der Waals surface area contributed by atoms with Crippen molar-refractivity contribution in [3.63, 3.8) is 0 Å². The molecule has 0 saturated carbocycles. The Hall–Kier alpha value is -3.72. The number of carbonyl (C=O) groups is 1. The Bertz CT molecular complexity index is 1100. The first-order chi connectivity index (χ1) is 14.9. The van der Waals surface area contributed by atoms with Gasteiger partial charge in [0.1, 0.15) is 5.82 Å². The first-order valence-corrected chi connectivity index (χ1v) is 10.1. The summed E-state index contributed by atoms with van der Waals surface area (Å²) < 4.78 is 12.9. The van der Waals surface area contributed by atoms with Crippen LogP contribution in [-0.2, 0) is 4.79 Å². The Morgan fingerprint density at radius 3 is 2.52 bits per heavy atom. The molecule has 0 radical (unpaired) electrons. The number of hydrogen-bond donors (Lipinski definition) is 2. The Morgan fingerprint density at radius 1 is 1.13 bits per heavy atom. The van der Waals surface area contributed by atoms with Gasteiger partial charge in [-0.2, -0.15) is 5.10 Å². The van der Waals surface area contributed by atoms with Gasteiger partial charge in [-0.25, -0.2) is 9.82 Å². The van der Waals surface area contributed by atoms with Crippen LogP contribution in [0, 0.1) is 22.9 Å². The number of nitro groups is 1. The second kappa shape index (κ2) is 10.4. The largest absolute Gasteiger partial charge is 0.376 e. The number of nitro benzene ring substituents is 1.